The van der Waals surface area contributed by atoms with Gasteiger partial charge in [0, 0.05) is 11.1 Å². The van der Waals surface area contributed by atoms with E-state index in [9.17, 15) is 10.4 Å². The molecule has 0 amide bonds. The van der Waals surface area contributed by atoms with Gasteiger partial charge in [-0.2, -0.15) is 0 Å². The summed E-state index contributed by atoms with van der Waals surface area (Å²) in [5, 5.41) is 25.6. The van der Waals surface area contributed by atoms with Crippen LogP contribution in [0.4, 0.5) is 0 Å². The number of methoxy groups -OCH3 is 4. The Labute approximate surface area is 150 Å². The number of rotatable bonds is 7. The molecule has 0 saturated carbocycles. The third kappa shape index (κ3) is 3.64. The van der Waals surface area contributed by atoms with Gasteiger partial charge in [-0.15, -0.1) is 0 Å². The lowest BCUT2D eigenvalue weighted by Crippen LogP contribution is -2.18. The van der Waals surface area contributed by atoms with Crippen LogP contribution in [-0.2, 0) is 0 Å². The van der Waals surface area contributed by atoms with E-state index >= 15 is 0 Å². The minimum atomic E-state index is 0.0249. The van der Waals surface area contributed by atoms with Gasteiger partial charge in [-0.05, 0) is 36.4 Å². The second kappa shape index (κ2) is 8.61. The summed E-state index contributed by atoms with van der Waals surface area (Å²) in [4.78, 5) is 0. The van der Waals surface area contributed by atoms with E-state index in [2.05, 4.69) is 10.3 Å². The summed E-state index contributed by atoms with van der Waals surface area (Å²) in [6, 6.07) is 9.93. The van der Waals surface area contributed by atoms with Gasteiger partial charge in [-0.25, -0.2) is 0 Å². The SMILES string of the molecule is COc1ccc(C(=N\O)/C(=N/O)c2cc(OC)c(OC)c(OC)c2)cc1. The molecule has 0 aliphatic carbocycles. The summed E-state index contributed by atoms with van der Waals surface area (Å²) in [7, 11) is 5.98. The summed E-state index contributed by atoms with van der Waals surface area (Å²) < 4.78 is 21.0. The molecule has 0 aromatic heterocycles. The average molecular weight is 360 g/mol. The molecule has 2 aromatic rings. The molecular weight excluding hydrogens is 340 g/mol. The number of nitrogens with zero attached hydrogens (tertiary/aromatic N) is 2. The molecule has 0 radical (unpaired) electrons. The van der Waals surface area contributed by atoms with Crippen molar-refractivity contribution in [3.63, 3.8) is 0 Å². The largest absolute Gasteiger partial charge is 0.497 e. The second-order valence-electron chi connectivity index (χ2n) is 5.04. The first-order valence-corrected chi connectivity index (χ1v) is 7.52. The topological polar surface area (TPSA) is 102 Å². The fraction of sp³-hybridized carbons (Fsp3) is 0.222. The molecule has 0 spiro atoms. The van der Waals surface area contributed by atoms with E-state index in [4.69, 9.17) is 18.9 Å². The molecule has 0 unspecified atom stereocenters. The molecule has 0 saturated heterocycles. The molecule has 0 aliphatic heterocycles. The zero-order chi connectivity index (χ0) is 19.1. The van der Waals surface area contributed by atoms with E-state index in [-0.39, 0.29) is 11.4 Å². The highest BCUT2D eigenvalue weighted by molar-refractivity contribution is 6.53. The van der Waals surface area contributed by atoms with Crippen molar-refractivity contribution in [3.05, 3.63) is 47.5 Å². The van der Waals surface area contributed by atoms with Crippen molar-refractivity contribution in [1.82, 2.24) is 0 Å². The fourth-order valence-electron chi connectivity index (χ4n) is 2.45. The smallest absolute Gasteiger partial charge is 0.203 e. The molecule has 26 heavy (non-hydrogen) atoms. The maximum absolute atomic E-state index is 9.56. The van der Waals surface area contributed by atoms with E-state index < -0.39 is 0 Å². The number of hydrogen-bond acceptors (Lipinski definition) is 8. The quantitative estimate of drug-likeness (QED) is 0.447. The molecule has 8 nitrogen and oxygen atoms in total. The Morgan fingerprint density at radius 1 is 0.692 bits per heavy atom. The lowest BCUT2D eigenvalue weighted by atomic mass is 9.99. The number of benzene rings is 2. The standard InChI is InChI=1S/C18H20N2O6/c1-23-13-7-5-11(6-8-13)16(19-21)17(20-22)12-9-14(24-2)18(26-4)15(10-12)25-3/h5-10,21-22H,1-4H3/b19-16+,20-17+. The molecular formula is C18H20N2O6. The van der Waals surface area contributed by atoms with Crippen LogP contribution in [0.3, 0.4) is 0 Å². The minimum Gasteiger partial charge on any atom is -0.497 e. The zero-order valence-electron chi connectivity index (χ0n) is 14.9. The zero-order valence-corrected chi connectivity index (χ0v) is 14.9. The summed E-state index contributed by atoms with van der Waals surface area (Å²) in [6.45, 7) is 0. The molecule has 0 heterocycles. The van der Waals surface area contributed by atoms with E-state index in [0.717, 1.165) is 0 Å². The summed E-state index contributed by atoms with van der Waals surface area (Å²) in [6.07, 6.45) is 0. The lowest BCUT2D eigenvalue weighted by molar-refractivity contribution is 0.314. The molecule has 0 fully saturated rings. The first-order chi connectivity index (χ1) is 12.6. The van der Waals surface area contributed by atoms with Crippen molar-refractivity contribution in [2.75, 3.05) is 28.4 Å². The third-order valence-electron chi connectivity index (χ3n) is 3.73. The molecule has 138 valence electrons. The highest BCUT2D eigenvalue weighted by Crippen LogP contribution is 2.38. The number of oxime groups is 2. The minimum absolute atomic E-state index is 0.0249. The van der Waals surface area contributed by atoms with Gasteiger partial charge in [0.1, 0.15) is 17.2 Å². The van der Waals surface area contributed by atoms with Gasteiger partial charge in [-0.3, -0.25) is 0 Å². The van der Waals surface area contributed by atoms with Crippen molar-refractivity contribution in [3.8, 4) is 23.0 Å². The van der Waals surface area contributed by atoms with Crippen molar-refractivity contribution in [1.29, 1.82) is 0 Å². The maximum atomic E-state index is 9.56. The van der Waals surface area contributed by atoms with Crippen LogP contribution in [0.1, 0.15) is 11.1 Å². The Balaban J connectivity index is 2.55. The van der Waals surface area contributed by atoms with Crippen molar-refractivity contribution in [2.45, 2.75) is 0 Å². The van der Waals surface area contributed by atoms with Crippen LogP contribution in [-0.4, -0.2) is 50.3 Å². The monoisotopic (exact) mass is 360 g/mol. The number of hydrogen-bond donors (Lipinski definition) is 2. The van der Waals surface area contributed by atoms with Crippen molar-refractivity contribution in [2.24, 2.45) is 10.3 Å². The van der Waals surface area contributed by atoms with E-state index in [1.165, 1.54) is 21.3 Å². The van der Waals surface area contributed by atoms with Crippen LogP contribution in [0.25, 0.3) is 0 Å². The fourth-order valence-corrected chi connectivity index (χ4v) is 2.45. The molecule has 2 aromatic carbocycles. The van der Waals surface area contributed by atoms with Gasteiger partial charge in [0.15, 0.2) is 11.5 Å². The molecule has 0 bridgehead atoms. The molecule has 2 rings (SSSR count). The van der Waals surface area contributed by atoms with Gasteiger partial charge in [0.2, 0.25) is 5.75 Å². The molecule has 2 N–H and O–H groups in total. The Morgan fingerprint density at radius 3 is 1.58 bits per heavy atom. The first-order valence-electron chi connectivity index (χ1n) is 7.52. The summed E-state index contributed by atoms with van der Waals surface area (Å²) in [5.74, 6) is 1.77. The summed E-state index contributed by atoms with van der Waals surface area (Å²) in [5.41, 5.74) is 1.02. The Hall–Kier alpha value is -3.42. The highest BCUT2D eigenvalue weighted by atomic mass is 16.5. The highest BCUT2D eigenvalue weighted by Gasteiger charge is 2.21. The van der Waals surface area contributed by atoms with E-state index in [1.54, 1.807) is 43.5 Å². The van der Waals surface area contributed by atoms with E-state index in [0.29, 0.717) is 34.1 Å². The number of ether oxygens (including phenoxy) is 4. The summed E-state index contributed by atoms with van der Waals surface area (Å²) >= 11 is 0. The van der Waals surface area contributed by atoms with Gasteiger partial charge >= 0.3 is 0 Å². The van der Waals surface area contributed by atoms with Gasteiger partial charge in [-0.1, -0.05) is 10.3 Å². The molecule has 0 aliphatic rings. The van der Waals surface area contributed by atoms with Gasteiger partial charge in [0.05, 0.1) is 28.4 Å². The molecule has 0 atom stereocenters. The third-order valence-corrected chi connectivity index (χ3v) is 3.73. The predicted molar refractivity (Wildman–Crippen MR) is 95.7 cm³/mol. The first kappa shape index (κ1) is 18.9. The molecule has 8 heteroatoms. The van der Waals surface area contributed by atoms with Crippen molar-refractivity contribution < 1.29 is 29.4 Å². The Bertz CT molecular complexity index is 790. The Morgan fingerprint density at radius 2 is 1.19 bits per heavy atom. The van der Waals surface area contributed by atoms with E-state index in [1.807, 2.05) is 0 Å². The predicted octanol–water partition coefficient (Wildman–Crippen LogP) is 2.78. The maximum Gasteiger partial charge on any atom is 0.203 e. The normalized spacial score (nSPS) is 11.8. The van der Waals surface area contributed by atoms with Crippen LogP contribution < -0.4 is 18.9 Å². The van der Waals surface area contributed by atoms with Crippen LogP contribution in [0, 0.1) is 0 Å². The lowest BCUT2D eigenvalue weighted by Gasteiger charge is -2.15. The van der Waals surface area contributed by atoms with Gasteiger partial charge < -0.3 is 29.4 Å². The van der Waals surface area contributed by atoms with Crippen LogP contribution >= 0.6 is 0 Å². The van der Waals surface area contributed by atoms with Crippen LogP contribution in [0.5, 0.6) is 23.0 Å². The average Bonchev–Trinajstić information content (AvgIpc) is 2.70. The van der Waals surface area contributed by atoms with Crippen LogP contribution in [0.15, 0.2) is 46.7 Å². The Kier molecular flexibility index (Phi) is 6.26. The van der Waals surface area contributed by atoms with Crippen LogP contribution in [0.2, 0.25) is 0 Å². The van der Waals surface area contributed by atoms with Gasteiger partial charge in [0.25, 0.3) is 0 Å². The van der Waals surface area contributed by atoms with Crippen molar-refractivity contribution >= 4 is 11.4 Å². The second-order valence-corrected chi connectivity index (χ2v) is 5.04.